The lowest BCUT2D eigenvalue weighted by molar-refractivity contribution is -0.142. The smallest absolute Gasteiger partial charge is 0.308 e. The van der Waals surface area contributed by atoms with Gasteiger partial charge in [-0.2, -0.15) is 0 Å². The van der Waals surface area contributed by atoms with Crippen molar-refractivity contribution in [1.82, 2.24) is 0 Å². The number of hydrogen-bond donors (Lipinski definition) is 4. The van der Waals surface area contributed by atoms with Crippen LogP contribution in [0.5, 0.6) is 11.5 Å². The van der Waals surface area contributed by atoms with Gasteiger partial charge in [0, 0.05) is 12.1 Å². The number of methoxy groups -OCH3 is 2. The van der Waals surface area contributed by atoms with Gasteiger partial charge in [-0.15, -0.1) is 0 Å². The molecule has 4 unspecified atom stereocenters. The first kappa shape index (κ1) is 23.7. The number of nitrogens with one attached hydrogen (secondary N) is 2. The monoisotopic (exact) mass is 468 g/mol. The average Bonchev–Trinajstić information content (AvgIpc) is 3.49. The minimum Gasteiger partial charge on any atom is -0.495 e. The molecule has 2 aromatic rings. The molecule has 0 aromatic heterocycles. The van der Waals surface area contributed by atoms with Crippen LogP contribution >= 0.6 is 0 Å². The zero-order valence-electron chi connectivity index (χ0n) is 19.5. The van der Waals surface area contributed by atoms with Crippen LogP contribution in [-0.4, -0.2) is 48.5 Å². The number of anilines is 2. The predicted octanol–water partition coefficient (Wildman–Crippen LogP) is 4.70. The molecule has 4 N–H and O–H groups in total. The summed E-state index contributed by atoms with van der Waals surface area (Å²) < 4.78 is 11.2. The molecule has 2 fully saturated rings. The number of carbonyl (C=O) groups is 2. The average molecular weight is 469 g/mol. The second kappa shape index (κ2) is 10.2. The van der Waals surface area contributed by atoms with Crippen LogP contribution in [-0.2, 0) is 9.59 Å². The van der Waals surface area contributed by atoms with Crippen molar-refractivity contribution in [2.75, 3.05) is 24.9 Å². The van der Waals surface area contributed by atoms with Crippen LogP contribution < -0.4 is 20.1 Å². The van der Waals surface area contributed by atoms with E-state index in [9.17, 15) is 19.8 Å². The summed E-state index contributed by atoms with van der Waals surface area (Å²) in [6.45, 7) is 0. The first-order valence-corrected chi connectivity index (χ1v) is 11.8. The van der Waals surface area contributed by atoms with E-state index in [1.54, 1.807) is 14.2 Å². The molecule has 182 valence electrons. The third kappa shape index (κ3) is 4.90. The Kier molecular flexibility index (Phi) is 7.14. The first-order valence-electron chi connectivity index (χ1n) is 11.8. The Bertz CT molecular complexity index is 972. The van der Waals surface area contributed by atoms with Gasteiger partial charge in [0.1, 0.15) is 11.5 Å². The molecule has 0 radical (unpaired) electrons. The Morgan fingerprint density at radius 2 is 1.15 bits per heavy atom. The molecule has 2 saturated carbocycles. The topological polar surface area (TPSA) is 117 Å². The number of ether oxygens (including phenoxy) is 2. The van der Waals surface area contributed by atoms with Crippen molar-refractivity contribution in [3.63, 3.8) is 0 Å². The molecule has 4 atom stereocenters. The van der Waals surface area contributed by atoms with Crippen molar-refractivity contribution in [1.29, 1.82) is 0 Å². The molecule has 2 aliphatic carbocycles. The molecular formula is C26H32N2O6. The minimum absolute atomic E-state index is 0.118. The second-order valence-corrected chi connectivity index (χ2v) is 9.08. The maximum absolute atomic E-state index is 11.5. The van der Waals surface area contributed by atoms with Gasteiger partial charge in [0.2, 0.25) is 0 Å². The summed E-state index contributed by atoms with van der Waals surface area (Å²) in [6, 6.07) is 11.4. The molecular weight excluding hydrogens is 436 g/mol. The Morgan fingerprint density at radius 1 is 0.735 bits per heavy atom. The number of hydrogen-bond acceptors (Lipinski definition) is 6. The van der Waals surface area contributed by atoms with E-state index in [0.29, 0.717) is 24.3 Å². The summed E-state index contributed by atoms with van der Waals surface area (Å²) in [5, 5.41) is 25.7. The van der Waals surface area contributed by atoms with Crippen molar-refractivity contribution >= 4 is 23.3 Å². The molecule has 2 aliphatic rings. The zero-order chi connectivity index (χ0) is 24.2. The maximum Gasteiger partial charge on any atom is 0.308 e. The summed E-state index contributed by atoms with van der Waals surface area (Å²) >= 11 is 0. The van der Waals surface area contributed by atoms with E-state index >= 15 is 0 Å². The van der Waals surface area contributed by atoms with Crippen molar-refractivity contribution in [2.24, 2.45) is 11.8 Å². The largest absolute Gasteiger partial charge is 0.495 e. The fraction of sp³-hybridized carbons (Fsp3) is 0.462. The van der Waals surface area contributed by atoms with Gasteiger partial charge in [-0.3, -0.25) is 9.59 Å². The quantitative estimate of drug-likeness (QED) is 0.418. The normalized spacial score (nSPS) is 23.9. The van der Waals surface area contributed by atoms with Gasteiger partial charge in [0.25, 0.3) is 0 Å². The molecule has 34 heavy (non-hydrogen) atoms. The van der Waals surface area contributed by atoms with Crippen LogP contribution in [0.25, 0.3) is 11.1 Å². The highest BCUT2D eigenvalue weighted by molar-refractivity contribution is 5.77. The molecule has 0 saturated heterocycles. The molecule has 0 spiro atoms. The van der Waals surface area contributed by atoms with Crippen molar-refractivity contribution in [3.05, 3.63) is 36.4 Å². The highest BCUT2D eigenvalue weighted by Crippen LogP contribution is 2.38. The van der Waals surface area contributed by atoms with Gasteiger partial charge in [-0.05, 0) is 61.1 Å². The Morgan fingerprint density at radius 3 is 1.50 bits per heavy atom. The molecule has 4 rings (SSSR count). The van der Waals surface area contributed by atoms with E-state index < -0.39 is 23.8 Å². The summed E-state index contributed by atoms with van der Waals surface area (Å²) in [5.74, 6) is -1.03. The van der Waals surface area contributed by atoms with E-state index in [-0.39, 0.29) is 12.1 Å². The number of carboxylic acids is 2. The SMILES string of the molecule is COc1cc(-c2ccc(NC3CCCC3C(=O)O)c(OC)c2)ccc1NC1CCCC1C(=O)O. The van der Waals surface area contributed by atoms with Crippen LogP contribution in [0.15, 0.2) is 36.4 Å². The van der Waals surface area contributed by atoms with Crippen molar-refractivity contribution in [3.8, 4) is 22.6 Å². The molecule has 8 heteroatoms. The van der Waals surface area contributed by atoms with Crippen molar-refractivity contribution in [2.45, 2.75) is 50.6 Å². The first-order chi connectivity index (χ1) is 16.4. The predicted molar refractivity (Wildman–Crippen MR) is 130 cm³/mol. The third-order valence-electron chi connectivity index (χ3n) is 7.08. The molecule has 0 heterocycles. The third-order valence-corrected chi connectivity index (χ3v) is 7.08. The Balaban J connectivity index is 1.54. The van der Waals surface area contributed by atoms with Gasteiger partial charge in [0.15, 0.2) is 0 Å². The number of benzene rings is 2. The van der Waals surface area contributed by atoms with Crippen molar-refractivity contribution < 1.29 is 29.3 Å². The van der Waals surface area contributed by atoms with E-state index in [4.69, 9.17) is 9.47 Å². The van der Waals surface area contributed by atoms with Crippen LogP contribution in [0, 0.1) is 11.8 Å². The Labute approximate surface area is 199 Å². The van der Waals surface area contributed by atoms with E-state index in [1.807, 2.05) is 36.4 Å². The van der Waals surface area contributed by atoms with E-state index in [2.05, 4.69) is 10.6 Å². The molecule has 0 bridgehead atoms. The fourth-order valence-corrected chi connectivity index (χ4v) is 5.24. The lowest BCUT2D eigenvalue weighted by Crippen LogP contribution is -2.29. The summed E-state index contributed by atoms with van der Waals surface area (Å²) in [4.78, 5) is 23.1. The number of rotatable bonds is 9. The molecule has 8 nitrogen and oxygen atoms in total. The van der Waals surface area contributed by atoms with Crippen LogP contribution in [0.2, 0.25) is 0 Å². The van der Waals surface area contributed by atoms with Gasteiger partial charge in [0.05, 0.1) is 37.4 Å². The highest BCUT2D eigenvalue weighted by atomic mass is 16.5. The van der Waals surface area contributed by atoms with E-state index in [1.165, 1.54) is 0 Å². The fourth-order valence-electron chi connectivity index (χ4n) is 5.24. The lowest BCUT2D eigenvalue weighted by atomic mass is 10.0. The van der Waals surface area contributed by atoms with Gasteiger partial charge < -0.3 is 30.3 Å². The van der Waals surface area contributed by atoms with Gasteiger partial charge >= 0.3 is 11.9 Å². The van der Waals surface area contributed by atoms with Gasteiger partial charge in [-0.25, -0.2) is 0 Å². The standard InChI is InChI=1S/C26H32N2O6/c1-33-23-13-15(9-11-21(23)27-19-7-3-5-17(19)25(29)30)16-10-12-22(24(14-16)34-2)28-20-8-4-6-18(20)26(31)32/h9-14,17-20,27-28H,3-8H2,1-2H3,(H,29,30)(H,31,32). The highest BCUT2D eigenvalue weighted by Gasteiger charge is 2.34. The summed E-state index contributed by atoms with van der Waals surface area (Å²) in [7, 11) is 3.20. The molecule has 0 amide bonds. The lowest BCUT2D eigenvalue weighted by Gasteiger charge is -2.22. The van der Waals surface area contributed by atoms with Crippen LogP contribution in [0.4, 0.5) is 11.4 Å². The second-order valence-electron chi connectivity index (χ2n) is 9.08. The number of carboxylic acid groups (broad SMARTS) is 2. The summed E-state index contributed by atoms with van der Waals surface area (Å²) in [6.07, 6.45) is 4.78. The maximum atomic E-state index is 11.5. The zero-order valence-corrected chi connectivity index (χ0v) is 19.5. The minimum atomic E-state index is -0.765. The van der Waals surface area contributed by atoms with Gasteiger partial charge in [-0.1, -0.05) is 25.0 Å². The van der Waals surface area contributed by atoms with E-state index in [0.717, 1.165) is 48.2 Å². The molecule has 0 aliphatic heterocycles. The summed E-state index contributed by atoms with van der Waals surface area (Å²) in [5.41, 5.74) is 3.40. The van der Waals surface area contributed by atoms with Crippen LogP contribution in [0.1, 0.15) is 38.5 Å². The molecule has 2 aromatic carbocycles. The van der Waals surface area contributed by atoms with Crippen LogP contribution in [0.3, 0.4) is 0 Å². The Hall–Kier alpha value is -3.42. The number of aliphatic carboxylic acids is 2.